The van der Waals surface area contributed by atoms with E-state index in [1.54, 1.807) is 11.3 Å². The maximum atomic E-state index is 12.9. The zero-order valence-electron chi connectivity index (χ0n) is 19.8. The molecule has 0 unspecified atom stereocenters. The van der Waals surface area contributed by atoms with Gasteiger partial charge in [-0.15, -0.1) is 0 Å². The molecule has 0 radical (unpaired) electrons. The minimum Gasteiger partial charge on any atom is -0.356 e. The largest absolute Gasteiger partial charge is 0.356 e. The summed E-state index contributed by atoms with van der Waals surface area (Å²) in [5.41, 5.74) is 6.56. The number of piperidine rings is 1. The monoisotopic (exact) mass is 462 g/mol. The minimum absolute atomic E-state index is 0.0514. The summed E-state index contributed by atoms with van der Waals surface area (Å²) in [5, 5.41) is 4.27. The number of rotatable bonds is 6. The SMILES string of the molecule is Cc1cc(C)c2nc(N3CCC[C@H](C(=O)NCCCN4CCc5ccccc5C4)C3)sc2c1. The number of aromatic nitrogens is 1. The maximum Gasteiger partial charge on any atom is 0.224 e. The topological polar surface area (TPSA) is 48.5 Å². The Morgan fingerprint density at radius 3 is 2.91 bits per heavy atom. The number of nitrogens with zero attached hydrogens (tertiary/aromatic N) is 3. The molecule has 0 spiro atoms. The number of thiazole rings is 1. The van der Waals surface area contributed by atoms with Crippen LogP contribution in [0.15, 0.2) is 36.4 Å². The Labute approximate surface area is 200 Å². The van der Waals surface area contributed by atoms with Crippen molar-refractivity contribution >= 4 is 32.6 Å². The Bertz CT molecular complexity index is 1140. The van der Waals surface area contributed by atoms with E-state index in [1.807, 2.05) is 0 Å². The van der Waals surface area contributed by atoms with Gasteiger partial charge in [-0.2, -0.15) is 0 Å². The number of carbonyl (C=O) groups excluding carboxylic acids is 1. The normalized spacial score (nSPS) is 19.0. The van der Waals surface area contributed by atoms with Crippen molar-refractivity contribution in [2.75, 3.05) is 37.6 Å². The summed E-state index contributed by atoms with van der Waals surface area (Å²) in [6.07, 6.45) is 4.14. The molecule has 1 aromatic heterocycles. The summed E-state index contributed by atoms with van der Waals surface area (Å²) < 4.78 is 1.24. The lowest BCUT2D eigenvalue weighted by Gasteiger charge is -2.32. The number of aryl methyl sites for hydroxylation is 2. The van der Waals surface area contributed by atoms with Crippen LogP contribution < -0.4 is 10.2 Å². The maximum absolute atomic E-state index is 12.9. The van der Waals surface area contributed by atoms with Crippen LogP contribution in [0.2, 0.25) is 0 Å². The highest BCUT2D eigenvalue weighted by Crippen LogP contribution is 2.33. The Morgan fingerprint density at radius 1 is 1.18 bits per heavy atom. The number of benzene rings is 2. The Morgan fingerprint density at radius 2 is 2.03 bits per heavy atom. The quantitative estimate of drug-likeness (QED) is 0.540. The molecule has 0 bridgehead atoms. The van der Waals surface area contributed by atoms with Crippen LogP contribution in [0, 0.1) is 19.8 Å². The molecule has 3 heterocycles. The van der Waals surface area contributed by atoms with Gasteiger partial charge in [0.15, 0.2) is 5.13 Å². The Balaban J connectivity index is 1.11. The lowest BCUT2D eigenvalue weighted by atomic mass is 9.97. The highest BCUT2D eigenvalue weighted by molar-refractivity contribution is 7.22. The number of hydrogen-bond acceptors (Lipinski definition) is 5. The fourth-order valence-corrected chi connectivity index (χ4v) is 6.44. The molecule has 1 amide bonds. The van der Waals surface area contributed by atoms with Gasteiger partial charge in [-0.1, -0.05) is 41.7 Å². The number of fused-ring (bicyclic) bond motifs is 2. The second kappa shape index (κ2) is 9.82. The summed E-state index contributed by atoms with van der Waals surface area (Å²) in [5.74, 6) is 0.257. The van der Waals surface area contributed by atoms with E-state index in [4.69, 9.17) is 4.98 Å². The fourth-order valence-electron chi connectivity index (χ4n) is 5.26. The van der Waals surface area contributed by atoms with Crippen molar-refractivity contribution in [2.24, 2.45) is 5.92 Å². The van der Waals surface area contributed by atoms with Crippen LogP contribution in [-0.4, -0.2) is 48.5 Å². The van der Waals surface area contributed by atoms with Crippen LogP contribution in [0.3, 0.4) is 0 Å². The van der Waals surface area contributed by atoms with Gasteiger partial charge in [0.05, 0.1) is 16.1 Å². The molecular weight excluding hydrogens is 428 g/mol. The lowest BCUT2D eigenvalue weighted by Crippen LogP contribution is -2.43. The van der Waals surface area contributed by atoms with Gasteiger partial charge in [0, 0.05) is 39.3 Å². The summed E-state index contributed by atoms with van der Waals surface area (Å²) in [4.78, 5) is 22.6. The number of carbonyl (C=O) groups is 1. The van der Waals surface area contributed by atoms with Crippen molar-refractivity contribution < 1.29 is 4.79 Å². The van der Waals surface area contributed by atoms with Crippen LogP contribution in [0.1, 0.15) is 41.5 Å². The molecule has 0 saturated carbocycles. The Hall–Kier alpha value is -2.44. The molecule has 0 aliphatic carbocycles. The summed E-state index contributed by atoms with van der Waals surface area (Å²) in [6, 6.07) is 13.2. The zero-order valence-corrected chi connectivity index (χ0v) is 20.6. The first kappa shape index (κ1) is 22.4. The van der Waals surface area contributed by atoms with Crippen molar-refractivity contribution in [2.45, 2.75) is 46.1 Å². The third-order valence-electron chi connectivity index (χ3n) is 7.04. The fraction of sp³-hybridized carbons (Fsp3) is 0.481. The molecule has 2 aliphatic heterocycles. The van der Waals surface area contributed by atoms with E-state index >= 15 is 0 Å². The first-order chi connectivity index (χ1) is 16.1. The van der Waals surface area contributed by atoms with Crippen LogP contribution in [-0.2, 0) is 17.8 Å². The third-order valence-corrected chi connectivity index (χ3v) is 8.10. The molecule has 1 saturated heterocycles. The first-order valence-electron chi connectivity index (χ1n) is 12.3. The molecule has 1 fully saturated rings. The number of anilines is 1. The van der Waals surface area contributed by atoms with Crippen LogP contribution in [0.25, 0.3) is 10.2 Å². The molecule has 2 aromatic carbocycles. The molecule has 1 N–H and O–H groups in total. The van der Waals surface area contributed by atoms with E-state index in [1.165, 1.54) is 27.0 Å². The predicted molar refractivity (Wildman–Crippen MR) is 137 cm³/mol. The molecule has 33 heavy (non-hydrogen) atoms. The smallest absolute Gasteiger partial charge is 0.224 e. The number of nitrogens with one attached hydrogen (secondary N) is 1. The van der Waals surface area contributed by atoms with Crippen molar-refractivity contribution in [3.05, 3.63) is 58.7 Å². The van der Waals surface area contributed by atoms with E-state index < -0.39 is 0 Å². The first-order valence-corrected chi connectivity index (χ1v) is 13.1. The summed E-state index contributed by atoms with van der Waals surface area (Å²) >= 11 is 1.76. The highest BCUT2D eigenvalue weighted by Gasteiger charge is 2.27. The average Bonchev–Trinajstić information content (AvgIpc) is 3.26. The van der Waals surface area contributed by atoms with Gasteiger partial charge >= 0.3 is 0 Å². The molecule has 3 aromatic rings. The van der Waals surface area contributed by atoms with Crippen molar-refractivity contribution in [3.8, 4) is 0 Å². The molecule has 1 atom stereocenters. The number of hydrogen-bond donors (Lipinski definition) is 1. The lowest BCUT2D eigenvalue weighted by molar-refractivity contribution is -0.125. The van der Waals surface area contributed by atoms with Gasteiger partial charge in [-0.25, -0.2) is 4.98 Å². The van der Waals surface area contributed by atoms with Gasteiger partial charge in [-0.3, -0.25) is 9.69 Å². The van der Waals surface area contributed by atoms with E-state index in [-0.39, 0.29) is 11.8 Å². The van der Waals surface area contributed by atoms with Crippen LogP contribution in [0.5, 0.6) is 0 Å². The Kier molecular flexibility index (Phi) is 6.65. The third kappa shape index (κ3) is 5.07. The van der Waals surface area contributed by atoms with Crippen LogP contribution >= 0.6 is 11.3 Å². The number of amides is 1. The molecule has 5 nitrogen and oxygen atoms in total. The van der Waals surface area contributed by atoms with Crippen molar-refractivity contribution in [1.82, 2.24) is 15.2 Å². The van der Waals surface area contributed by atoms with Crippen molar-refractivity contribution in [1.29, 1.82) is 0 Å². The standard InChI is InChI=1S/C27H34N4OS/c1-19-15-20(2)25-24(16-19)33-27(29-25)31-13-5-9-23(18-31)26(32)28-11-6-12-30-14-10-21-7-3-4-8-22(21)17-30/h3-4,7-8,15-16,23H,5-6,9-14,17-18H2,1-2H3,(H,28,32)/t23-/m0/s1. The van der Waals surface area contributed by atoms with Gasteiger partial charge in [0.25, 0.3) is 0 Å². The summed E-state index contributed by atoms with van der Waals surface area (Å²) in [6.45, 7) is 9.96. The second-order valence-electron chi connectivity index (χ2n) is 9.65. The molecule has 5 rings (SSSR count). The predicted octanol–water partition coefficient (Wildman–Crippen LogP) is 4.69. The average molecular weight is 463 g/mol. The molecule has 2 aliphatic rings. The zero-order chi connectivity index (χ0) is 22.8. The van der Waals surface area contributed by atoms with E-state index in [2.05, 4.69) is 65.4 Å². The minimum atomic E-state index is 0.0514. The highest BCUT2D eigenvalue weighted by atomic mass is 32.1. The molecule has 6 heteroatoms. The van der Waals surface area contributed by atoms with E-state index in [0.29, 0.717) is 0 Å². The molecular formula is C27H34N4OS. The second-order valence-corrected chi connectivity index (χ2v) is 10.7. The molecule has 174 valence electrons. The summed E-state index contributed by atoms with van der Waals surface area (Å²) in [7, 11) is 0. The van der Waals surface area contributed by atoms with Crippen molar-refractivity contribution in [3.63, 3.8) is 0 Å². The van der Waals surface area contributed by atoms with E-state index in [0.717, 1.165) is 75.6 Å². The van der Waals surface area contributed by atoms with Crippen LogP contribution in [0.4, 0.5) is 5.13 Å². The van der Waals surface area contributed by atoms with Gasteiger partial charge in [0.2, 0.25) is 5.91 Å². The van der Waals surface area contributed by atoms with Gasteiger partial charge in [0.1, 0.15) is 0 Å². The van der Waals surface area contributed by atoms with Gasteiger partial charge in [-0.05, 0) is 67.9 Å². The van der Waals surface area contributed by atoms with Gasteiger partial charge < -0.3 is 10.2 Å². The van der Waals surface area contributed by atoms with E-state index in [9.17, 15) is 4.79 Å².